The fourth-order valence-corrected chi connectivity index (χ4v) is 5.51. The van der Waals surface area contributed by atoms with Gasteiger partial charge in [0.15, 0.2) is 12.7 Å². The monoisotopic (exact) mass is 747 g/mol. The molecule has 5 atom stereocenters. The summed E-state index contributed by atoms with van der Waals surface area (Å²) in [6, 6.07) is 0. The summed E-state index contributed by atoms with van der Waals surface area (Å²) < 4.78 is 30.7. The molecule has 1 aliphatic heterocycles. The number of ether oxygens (including phenoxy) is 6. The SMILES string of the molecule is CCC(C)(CC(C)(CC(C)(C)C(=O)OCC(O)COC(=O)C(C)OC(=O)COC(=O)C(C)C)C(=O)OCC(O)CO)C(=O)OCCN1CCCC1=O. The van der Waals surface area contributed by atoms with Gasteiger partial charge in [-0.25, -0.2) is 9.59 Å². The van der Waals surface area contributed by atoms with Crippen molar-refractivity contribution < 1.29 is 77.3 Å². The topological polar surface area (TPSA) is 239 Å². The van der Waals surface area contributed by atoms with E-state index in [4.69, 9.17) is 28.4 Å². The van der Waals surface area contributed by atoms with Crippen LogP contribution < -0.4 is 0 Å². The molecule has 1 saturated heterocycles. The van der Waals surface area contributed by atoms with Crippen molar-refractivity contribution in [1.29, 1.82) is 0 Å². The molecule has 1 heterocycles. The van der Waals surface area contributed by atoms with Gasteiger partial charge in [-0.1, -0.05) is 20.8 Å². The first-order valence-electron chi connectivity index (χ1n) is 17.4. The molecule has 5 unspecified atom stereocenters. The van der Waals surface area contributed by atoms with Crippen LogP contribution in [-0.2, 0) is 62.0 Å². The van der Waals surface area contributed by atoms with Crippen molar-refractivity contribution >= 4 is 41.7 Å². The third kappa shape index (κ3) is 15.0. The predicted octanol–water partition coefficient (Wildman–Crippen LogP) is 0.856. The molecule has 0 aromatic carbocycles. The van der Waals surface area contributed by atoms with Crippen LogP contribution in [0.3, 0.4) is 0 Å². The van der Waals surface area contributed by atoms with Crippen LogP contribution in [0.25, 0.3) is 0 Å². The molecule has 0 saturated carbocycles. The number of carbonyl (C=O) groups is 7. The van der Waals surface area contributed by atoms with Gasteiger partial charge < -0.3 is 48.6 Å². The van der Waals surface area contributed by atoms with Crippen molar-refractivity contribution in [2.45, 2.75) is 106 Å². The van der Waals surface area contributed by atoms with Gasteiger partial charge in [0, 0.05) is 13.0 Å². The highest BCUT2D eigenvalue weighted by molar-refractivity contribution is 5.83. The molecule has 298 valence electrons. The zero-order chi connectivity index (χ0) is 39.9. The number of esters is 6. The van der Waals surface area contributed by atoms with Gasteiger partial charge in [-0.15, -0.1) is 0 Å². The Morgan fingerprint density at radius 3 is 1.90 bits per heavy atom. The predicted molar refractivity (Wildman–Crippen MR) is 180 cm³/mol. The summed E-state index contributed by atoms with van der Waals surface area (Å²) in [5.74, 6) is -5.43. The number of hydrogen-bond acceptors (Lipinski definition) is 16. The van der Waals surface area contributed by atoms with E-state index in [0.29, 0.717) is 13.0 Å². The van der Waals surface area contributed by atoms with Crippen LogP contribution >= 0.6 is 0 Å². The maximum absolute atomic E-state index is 13.6. The molecule has 1 amide bonds. The van der Waals surface area contributed by atoms with E-state index in [1.54, 1.807) is 32.6 Å². The molecule has 3 N–H and O–H groups in total. The lowest BCUT2D eigenvalue weighted by molar-refractivity contribution is -0.175. The Hall–Kier alpha value is -3.83. The van der Waals surface area contributed by atoms with Crippen LogP contribution in [-0.4, -0.2) is 133 Å². The first-order valence-corrected chi connectivity index (χ1v) is 17.4. The van der Waals surface area contributed by atoms with Gasteiger partial charge in [-0.3, -0.25) is 24.0 Å². The summed E-state index contributed by atoms with van der Waals surface area (Å²) >= 11 is 0. The van der Waals surface area contributed by atoms with E-state index >= 15 is 0 Å². The van der Waals surface area contributed by atoms with Crippen LogP contribution in [0.15, 0.2) is 0 Å². The van der Waals surface area contributed by atoms with Crippen molar-refractivity contribution in [2.24, 2.45) is 22.2 Å². The van der Waals surface area contributed by atoms with E-state index in [1.807, 2.05) is 0 Å². The normalized spacial score (nSPS) is 17.2. The maximum Gasteiger partial charge on any atom is 0.347 e. The van der Waals surface area contributed by atoms with Crippen LogP contribution in [0, 0.1) is 22.2 Å². The average molecular weight is 748 g/mol. The Morgan fingerprint density at radius 1 is 0.769 bits per heavy atom. The third-order valence-electron chi connectivity index (χ3n) is 8.58. The molecular weight excluding hydrogens is 690 g/mol. The molecule has 1 aliphatic rings. The molecule has 0 aliphatic carbocycles. The Bertz CT molecular complexity index is 1250. The highest BCUT2D eigenvalue weighted by Gasteiger charge is 2.50. The second-order valence-electron chi connectivity index (χ2n) is 14.5. The van der Waals surface area contributed by atoms with E-state index < -0.39 is 109 Å². The van der Waals surface area contributed by atoms with Gasteiger partial charge in [-0.05, 0) is 60.3 Å². The zero-order valence-electron chi connectivity index (χ0n) is 31.6. The van der Waals surface area contributed by atoms with E-state index in [9.17, 15) is 48.9 Å². The van der Waals surface area contributed by atoms with Gasteiger partial charge in [-0.2, -0.15) is 0 Å². The molecule has 52 heavy (non-hydrogen) atoms. The van der Waals surface area contributed by atoms with E-state index in [0.717, 1.165) is 6.42 Å². The van der Waals surface area contributed by atoms with Gasteiger partial charge in [0.1, 0.15) is 38.6 Å². The first kappa shape index (κ1) is 46.2. The number of aliphatic hydroxyl groups is 3. The van der Waals surface area contributed by atoms with Crippen molar-refractivity contribution in [2.75, 3.05) is 52.7 Å². The van der Waals surface area contributed by atoms with E-state index in [2.05, 4.69) is 0 Å². The number of aliphatic hydroxyl groups excluding tert-OH is 3. The Balaban J connectivity index is 2.89. The van der Waals surface area contributed by atoms with Crippen LogP contribution in [0.4, 0.5) is 0 Å². The van der Waals surface area contributed by atoms with Gasteiger partial charge in [0.25, 0.3) is 0 Å². The van der Waals surface area contributed by atoms with E-state index in [1.165, 1.54) is 27.7 Å². The molecule has 1 fully saturated rings. The summed E-state index contributed by atoms with van der Waals surface area (Å²) in [4.78, 5) is 89.3. The molecule has 0 radical (unpaired) electrons. The quantitative estimate of drug-likeness (QED) is 0.0970. The first-order chi connectivity index (χ1) is 24.1. The van der Waals surface area contributed by atoms with Crippen molar-refractivity contribution in [3.63, 3.8) is 0 Å². The molecule has 0 aromatic heterocycles. The Labute approximate surface area is 304 Å². The number of rotatable bonds is 23. The largest absolute Gasteiger partial charge is 0.463 e. The standard InChI is InChI=1S/C35H57NO16/c1-9-34(7,31(45)47-14-13-36-12-10-11-26(36)40)21-35(8,32(46)51-16-24(38)15-37)20-33(5,6)30(44)50-18-25(39)17-48-29(43)23(4)52-27(41)19-49-28(42)22(2)3/h22-25,37-39H,9-21H2,1-8H3. The fraction of sp³-hybridized carbons (Fsp3) is 0.800. The minimum atomic E-state index is -1.54. The zero-order valence-corrected chi connectivity index (χ0v) is 31.6. The Morgan fingerprint density at radius 2 is 1.35 bits per heavy atom. The molecule has 17 nitrogen and oxygen atoms in total. The van der Waals surface area contributed by atoms with E-state index in [-0.39, 0.29) is 38.3 Å². The highest BCUT2D eigenvalue weighted by Crippen LogP contribution is 2.46. The summed E-state index contributed by atoms with van der Waals surface area (Å²) in [6.07, 6.45) is -3.20. The highest BCUT2D eigenvalue weighted by atomic mass is 16.6. The van der Waals surface area contributed by atoms with Crippen molar-refractivity contribution in [1.82, 2.24) is 4.90 Å². The summed E-state index contributed by atoms with van der Waals surface area (Å²) in [7, 11) is 0. The number of nitrogens with zero attached hydrogens (tertiary/aromatic N) is 1. The number of amides is 1. The third-order valence-corrected chi connectivity index (χ3v) is 8.58. The average Bonchev–Trinajstić information content (AvgIpc) is 3.50. The Kier molecular flexibility index (Phi) is 18.7. The molecule has 0 spiro atoms. The van der Waals surface area contributed by atoms with Crippen LogP contribution in [0.1, 0.15) is 87.5 Å². The molecule has 17 heteroatoms. The molecule has 0 aromatic rings. The minimum Gasteiger partial charge on any atom is -0.463 e. The molecule has 1 rings (SSSR count). The summed E-state index contributed by atoms with van der Waals surface area (Å²) in [5.41, 5.74) is -4.21. The summed E-state index contributed by atoms with van der Waals surface area (Å²) in [6.45, 7) is 9.79. The van der Waals surface area contributed by atoms with Gasteiger partial charge >= 0.3 is 35.8 Å². The van der Waals surface area contributed by atoms with Crippen LogP contribution in [0.2, 0.25) is 0 Å². The molecular formula is C35H57NO16. The smallest absolute Gasteiger partial charge is 0.347 e. The number of hydrogen-bond donors (Lipinski definition) is 3. The van der Waals surface area contributed by atoms with Crippen molar-refractivity contribution in [3.8, 4) is 0 Å². The number of likely N-dealkylation sites (tertiary alicyclic amines) is 1. The lowest BCUT2D eigenvalue weighted by Crippen LogP contribution is -2.45. The fourth-order valence-electron chi connectivity index (χ4n) is 5.51. The molecule has 0 bridgehead atoms. The second kappa shape index (κ2) is 21.0. The van der Waals surface area contributed by atoms with Crippen LogP contribution in [0.5, 0.6) is 0 Å². The lowest BCUT2D eigenvalue weighted by Gasteiger charge is -2.39. The second-order valence-corrected chi connectivity index (χ2v) is 14.5. The van der Waals surface area contributed by atoms with Crippen molar-refractivity contribution in [3.05, 3.63) is 0 Å². The van der Waals surface area contributed by atoms with Gasteiger partial charge in [0.05, 0.1) is 35.3 Å². The van der Waals surface area contributed by atoms with Gasteiger partial charge in [0.2, 0.25) is 5.91 Å². The lowest BCUT2D eigenvalue weighted by atomic mass is 9.65. The summed E-state index contributed by atoms with van der Waals surface area (Å²) in [5, 5.41) is 29.3. The number of carbonyl (C=O) groups excluding carboxylic acids is 7. The minimum absolute atomic E-state index is 0.0196. The maximum atomic E-state index is 13.6.